The van der Waals surface area contributed by atoms with Crippen molar-refractivity contribution < 1.29 is 35.9 Å². The van der Waals surface area contributed by atoms with Crippen LogP contribution in [0.3, 0.4) is 0 Å². The number of fused-ring (bicyclic) bond motifs is 1. The zero-order valence-electron chi connectivity index (χ0n) is 13.3. The van der Waals surface area contributed by atoms with Gasteiger partial charge in [-0.25, -0.2) is 0 Å². The fourth-order valence-corrected chi connectivity index (χ4v) is 2.58. The van der Waals surface area contributed by atoms with Gasteiger partial charge in [0.2, 0.25) is 0 Å². The average molecular weight is 388 g/mol. The third kappa shape index (κ3) is 3.88. The third-order valence-corrected chi connectivity index (χ3v) is 3.90. The number of benzene rings is 2. The Kier molecular flexibility index (Phi) is 4.37. The molecule has 0 saturated carbocycles. The normalized spacial score (nSPS) is 13.9. The molecule has 27 heavy (non-hydrogen) atoms. The highest BCUT2D eigenvalue weighted by Crippen LogP contribution is 2.36. The maximum Gasteiger partial charge on any atom is 0.416 e. The number of rotatable bonds is 2. The van der Waals surface area contributed by atoms with Crippen LogP contribution in [0, 0.1) is 0 Å². The van der Waals surface area contributed by atoms with E-state index in [1.54, 1.807) is 0 Å². The number of halogens is 6. The first-order chi connectivity index (χ1) is 12.4. The Labute approximate surface area is 148 Å². The number of nitrogens with one attached hydrogen (secondary N) is 2. The summed E-state index contributed by atoms with van der Waals surface area (Å²) in [4.78, 5) is 23.8. The molecule has 1 aliphatic heterocycles. The van der Waals surface area contributed by atoms with E-state index in [0.717, 1.165) is 0 Å². The molecule has 0 fully saturated rings. The minimum atomic E-state index is -5.05. The Morgan fingerprint density at radius 1 is 0.926 bits per heavy atom. The Morgan fingerprint density at radius 2 is 1.52 bits per heavy atom. The molecular weight excluding hydrogens is 378 g/mol. The van der Waals surface area contributed by atoms with Crippen LogP contribution in [0.4, 0.5) is 32.0 Å². The van der Waals surface area contributed by atoms with Crippen molar-refractivity contribution in [3.8, 4) is 0 Å². The summed E-state index contributed by atoms with van der Waals surface area (Å²) < 4.78 is 77.3. The van der Waals surface area contributed by atoms with Gasteiger partial charge in [0.1, 0.15) is 0 Å². The lowest BCUT2D eigenvalue weighted by Gasteiger charge is -2.14. The van der Waals surface area contributed by atoms with Crippen molar-refractivity contribution in [3.63, 3.8) is 0 Å². The highest BCUT2D eigenvalue weighted by Gasteiger charge is 2.37. The summed E-state index contributed by atoms with van der Waals surface area (Å²) >= 11 is 0. The molecule has 142 valence electrons. The molecule has 2 aromatic carbocycles. The third-order valence-electron chi connectivity index (χ3n) is 3.90. The molecule has 2 aromatic rings. The standard InChI is InChI=1S/C17H10F6N2O2/c18-16(19,20)10-3-9(4-11(5-10)17(21,22)23)14(26)25-12-2-1-8-7-24-15(27)13(8)6-12/h1-6H,7H2,(H,24,27)(H,25,26). The molecule has 0 atom stereocenters. The van der Waals surface area contributed by atoms with Crippen LogP contribution in [0.15, 0.2) is 36.4 Å². The van der Waals surface area contributed by atoms with Gasteiger partial charge in [0.25, 0.3) is 11.8 Å². The summed E-state index contributed by atoms with van der Waals surface area (Å²) in [6.07, 6.45) is -10.1. The summed E-state index contributed by atoms with van der Waals surface area (Å²) in [5, 5.41) is 4.76. The van der Waals surface area contributed by atoms with E-state index in [4.69, 9.17) is 0 Å². The largest absolute Gasteiger partial charge is 0.416 e. The van der Waals surface area contributed by atoms with Crippen molar-refractivity contribution in [2.45, 2.75) is 18.9 Å². The average Bonchev–Trinajstić information content (AvgIpc) is 2.93. The number of alkyl halides is 6. The van der Waals surface area contributed by atoms with Gasteiger partial charge in [-0.15, -0.1) is 0 Å². The van der Waals surface area contributed by atoms with Crippen LogP contribution < -0.4 is 10.6 Å². The smallest absolute Gasteiger partial charge is 0.348 e. The molecule has 0 bridgehead atoms. The van der Waals surface area contributed by atoms with E-state index >= 15 is 0 Å². The minimum Gasteiger partial charge on any atom is -0.348 e. The highest BCUT2D eigenvalue weighted by molar-refractivity contribution is 6.06. The summed E-state index contributed by atoms with van der Waals surface area (Å²) in [6.45, 7) is 0.297. The molecule has 0 radical (unpaired) electrons. The minimum absolute atomic E-state index is 0.0590. The molecule has 1 aliphatic rings. The lowest BCUT2D eigenvalue weighted by atomic mass is 10.0. The first-order valence-electron chi connectivity index (χ1n) is 7.47. The number of carbonyl (C=O) groups is 2. The van der Waals surface area contributed by atoms with Crippen molar-refractivity contribution in [1.29, 1.82) is 0 Å². The summed E-state index contributed by atoms with van der Waals surface area (Å²) in [5.41, 5.74) is -2.97. The molecule has 0 saturated heterocycles. The SMILES string of the molecule is O=C(Nc1ccc2c(c1)C(=O)NC2)c1cc(C(F)(F)F)cc(C(F)(F)F)c1. The molecule has 0 spiro atoms. The molecule has 0 aromatic heterocycles. The summed E-state index contributed by atoms with van der Waals surface area (Å²) in [6, 6.07) is 4.84. The molecule has 1 heterocycles. The van der Waals surface area contributed by atoms with Crippen LogP contribution >= 0.6 is 0 Å². The van der Waals surface area contributed by atoms with Crippen LogP contribution in [0.25, 0.3) is 0 Å². The first kappa shape index (κ1) is 18.7. The summed E-state index contributed by atoms with van der Waals surface area (Å²) in [5.74, 6) is -1.55. The predicted molar refractivity (Wildman–Crippen MR) is 82.0 cm³/mol. The van der Waals surface area contributed by atoms with Crippen LogP contribution in [0.5, 0.6) is 0 Å². The van der Waals surface area contributed by atoms with Crippen molar-refractivity contribution in [1.82, 2.24) is 5.32 Å². The monoisotopic (exact) mass is 388 g/mol. The van der Waals surface area contributed by atoms with Gasteiger partial charge >= 0.3 is 12.4 Å². The number of hydrogen-bond donors (Lipinski definition) is 2. The van der Waals surface area contributed by atoms with Crippen molar-refractivity contribution in [3.05, 3.63) is 64.2 Å². The second-order valence-corrected chi connectivity index (χ2v) is 5.80. The van der Waals surface area contributed by atoms with Gasteiger partial charge in [-0.05, 0) is 35.9 Å². The van der Waals surface area contributed by atoms with E-state index in [9.17, 15) is 35.9 Å². The van der Waals surface area contributed by atoms with E-state index in [0.29, 0.717) is 24.2 Å². The van der Waals surface area contributed by atoms with Gasteiger partial charge in [-0.1, -0.05) is 6.07 Å². The molecule has 3 rings (SSSR count). The topological polar surface area (TPSA) is 58.2 Å². The van der Waals surface area contributed by atoms with E-state index in [-0.39, 0.29) is 23.2 Å². The van der Waals surface area contributed by atoms with Gasteiger partial charge in [-0.3, -0.25) is 9.59 Å². The van der Waals surface area contributed by atoms with Crippen molar-refractivity contribution >= 4 is 17.5 Å². The molecule has 0 unspecified atom stereocenters. The molecule has 4 nitrogen and oxygen atoms in total. The molecule has 2 amide bonds. The lowest BCUT2D eigenvalue weighted by Crippen LogP contribution is -2.17. The Hall–Kier alpha value is -3.04. The van der Waals surface area contributed by atoms with Gasteiger partial charge in [0, 0.05) is 23.4 Å². The van der Waals surface area contributed by atoms with Crippen LogP contribution in [0.2, 0.25) is 0 Å². The number of amides is 2. The molecule has 0 aliphatic carbocycles. The molecule has 2 N–H and O–H groups in total. The highest BCUT2D eigenvalue weighted by atomic mass is 19.4. The Balaban J connectivity index is 1.95. The second-order valence-electron chi connectivity index (χ2n) is 5.80. The van der Waals surface area contributed by atoms with E-state index in [2.05, 4.69) is 10.6 Å². The Bertz CT molecular complexity index is 902. The van der Waals surface area contributed by atoms with Crippen LogP contribution in [-0.4, -0.2) is 11.8 Å². The van der Waals surface area contributed by atoms with E-state index in [1.807, 2.05) is 0 Å². The van der Waals surface area contributed by atoms with E-state index in [1.165, 1.54) is 18.2 Å². The van der Waals surface area contributed by atoms with E-state index < -0.39 is 35.0 Å². The zero-order valence-corrected chi connectivity index (χ0v) is 13.3. The quantitative estimate of drug-likeness (QED) is 0.757. The van der Waals surface area contributed by atoms with Gasteiger partial charge in [0.15, 0.2) is 0 Å². The Morgan fingerprint density at radius 3 is 2.07 bits per heavy atom. The van der Waals surface area contributed by atoms with Gasteiger partial charge in [0.05, 0.1) is 11.1 Å². The van der Waals surface area contributed by atoms with Crippen LogP contribution in [0.1, 0.15) is 37.4 Å². The van der Waals surface area contributed by atoms with Crippen molar-refractivity contribution in [2.75, 3.05) is 5.32 Å². The number of hydrogen-bond acceptors (Lipinski definition) is 2. The zero-order chi connectivity index (χ0) is 20.0. The maximum atomic E-state index is 12.9. The number of carbonyl (C=O) groups excluding carboxylic acids is 2. The van der Waals surface area contributed by atoms with Gasteiger partial charge < -0.3 is 10.6 Å². The first-order valence-corrected chi connectivity index (χ1v) is 7.47. The van der Waals surface area contributed by atoms with Gasteiger partial charge in [-0.2, -0.15) is 26.3 Å². The lowest BCUT2D eigenvalue weighted by molar-refractivity contribution is -0.143. The maximum absolute atomic E-state index is 12.9. The predicted octanol–water partition coefficient (Wildman–Crippen LogP) is 4.22. The molecule has 10 heteroatoms. The van der Waals surface area contributed by atoms with Crippen LogP contribution in [-0.2, 0) is 18.9 Å². The fourth-order valence-electron chi connectivity index (χ4n) is 2.58. The molecular formula is C17H10F6N2O2. The fraction of sp³-hybridized carbons (Fsp3) is 0.176. The number of anilines is 1. The summed E-state index contributed by atoms with van der Waals surface area (Å²) in [7, 11) is 0. The second kappa shape index (κ2) is 6.29. The van der Waals surface area contributed by atoms with Crippen molar-refractivity contribution in [2.24, 2.45) is 0 Å².